The van der Waals surface area contributed by atoms with Gasteiger partial charge in [0.25, 0.3) is 0 Å². The number of nitrogens with zero attached hydrogens (tertiary/aromatic N) is 5. The summed E-state index contributed by atoms with van der Waals surface area (Å²) in [6.07, 6.45) is 4.96. The summed E-state index contributed by atoms with van der Waals surface area (Å²) in [6.45, 7) is 8.01. The van der Waals surface area contributed by atoms with Crippen LogP contribution in [0.15, 0.2) is 36.7 Å². The molecule has 0 bridgehead atoms. The van der Waals surface area contributed by atoms with Gasteiger partial charge in [0.15, 0.2) is 0 Å². The SMILES string of the molecule is CCCN1CCN(c2ncc(-c3cccc(CN(C)C(=O)CN)c3)cn2)CC1. The Hall–Kier alpha value is -2.51. The maximum absolute atomic E-state index is 11.7. The molecule has 0 radical (unpaired) electrons. The van der Waals surface area contributed by atoms with Crippen molar-refractivity contribution >= 4 is 11.9 Å². The number of carbonyl (C=O) groups excluding carboxylic acids is 1. The van der Waals surface area contributed by atoms with E-state index in [0.29, 0.717) is 6.54 Å². The van der Waals surface area contributed by atoms with E-state index >= 15 is 0 Å². The van der Waals surface area contributed by atoms with Crippen LogP contribution in [0.3, 0.4) is 0 Å². The Bertz CT molecular complexity index is 771. The number of carbonyl (C=O) groups is 1. The molecular formula is C21H30N6O. The molecular weight excluding hydrogens is 352 g/mol. The van der Waals surface area contributed by atoms with Crippen LogP contribution in [-0.4, -0.2) is 72.0 Å². The summed E-state index contributed by atoms with van der Waals surface area (Å²) < 4.78 is 0. The molecule has 2 heterocycles. The number of aromatic nitrogens is 2. The molecule has 3 rings (SSSR count). The third-order valence-corrected chi connectivity index (χ3v) is 5.11. The van der Waals surface area contributed by atoms with E-state index in [1.807, 2.05) is 30.6 Å². The van der Waals surface area contributed by atoms with Crippen LogP contribution >= 0.6 is 0 Å². The van der Waals surface area contributed by atoms with Crippen LogP contribution in [0.1, 0.15) is 18.9 Å². The van der Waals surface area contributed by atoms with Gasteiger partial charge in [-0.05, 0) is 30.2 Å². The van der Waals surface area contributed by atoms with Gasteiger partial charge in [-0.15, -0.1) is 0 Å². The van der Waals surface area contributed by atoms with Crippen molar-refractivity contribution < 1.29 is 4.79 Å². The molecule has 0 spiro atoms. The molecule has 0 unspecified atom stereocenters. The van der Waals surface area contributed by atoms with Crippen molar-refractivity contribution in [3.8, 4) is 11.1 Å². The zero-order valence-electron chi connectivity index (χ0n) is 16.8. The average molecular weight is 383 g/mol. The fraction of sp³-hybridized carbons (Fsp3) is 0.476. The molecule has 150 valence electrons. The van der Waals surface area contributed by atoms with Crippen LogP contribution in [0.25, 0.3) is 11.1 Å². The molecule has 0 aliphatic carbocycles. The topological polar surface area (TPSA) is 78.6 Å². The van der Waals surface area contributed by atoms with E-state index in [9.17, 15) is 4.79 Å². The maximum atomic E-state index is 11.7. The van der Waals surface area contributed by atoms with Crippen molar-refractivity contribution in [2.45, 2.75) is 19.9 Å². The van der Waals surface area contributed by atoms with Crippen molar-refractivity contribution in [3.63, 3.8) is 0 Å². The van der Waals surface area contributed by atoms with Gasteiger partial charge in [-0.2, -0.15) is 0 Å². The Labute approximate surface area is 167 Å². The van der Waals surface area contributed by atoms with Crippen LogP contribution in [-0.2, 0) is 11.3 Å². The third-order valence-electron chi connectivity index (χ3n) is 5.11. The molecule has 2 aromatic rings. The first-order valence-corrected chi connectivity index (χ1v) is 9.93. The molecule has 7 heteroatoms. The molecule has 0 saturated carbocycles. The summed E-state index contributed by atoms with van der Waals surface area (Å²) in [5, 5.41) is 0. The monoisotopic (exact) mass is 382 g/mol. The van der Waals surface area contributed by atoms with E-state index in [1.165, 1.54) is 6.42 Å². The third kappa shape index (κ3) is 5.05. The molecule has 1 saturated heterocycles. The van der Waals surface area contributed by atoms with E-state index < -0.39 is 0 Å². The first-order valence-electron chi connectivity index (χ1n) is 9.93. The quantitative estimate of drug-likeness (QED) is 0.784. The summed E-state index contributed by atoms with van der Waals surface area (Å²) in [6, 6.07) is 8.11. The van der Waals surface area contributed by atoms with Crippen LogP contribution in [0.4, 0.5) is 5.95 Å². The molecule has 28 heavy (non-hydrogen) atoms. The predicted octanol–water partition coefficient (Wildman–Crippen LogP) is 1.59. The highest BCUT2D eigenvalue weighted by Crippen LogP contribution is 2.21. The number of hydrogen-bond acceptors (Lipinski definition) is 6. The van der Waals surface area contributed by atoms with Crippen molar-refractivity contribution in [3.05, 3.63) is 42.2 Å². The highest BCUT2D eigenvalue weighted by Gasteiger charge is 2.18. The molecule has 1 aromatic carbocycles. The minimum Gasteiger partial charge on any atom is -0.340 e. The summed E-state index contributed by atoms with van der Waals surface area (Å²) in [4.78, 5) is 27.3. The molecule has 7 nitrogen and oxygen atoms in total. The number of hydrogen-bond donors (Lipinski definition) is 1. The predicted molar refractivity (Wildman–Crippen MR) is 112 cm³/mol. The molecule has 1 aromatic heterocycles. The van der Waals surface area contributed by atoms with Crippen molar-refractivity contribution in [1.29, 1.82) is 0 Å². The second kappa shape index (κ2) is 9.61. The van der Waals surface area contributed by atoms with Crippen LogP contribution < -0.4 is 10.6 Å². The second-order valence-electron chi connectivity index (χ2n) is 7.25. The van der Waals surface area contributed by atoms with Gasteiger partial charge in [-0.3, -0.25) is 9.69 Å². The molecule has 0 atom stereocenters. The lowest BCUT2D eigenvalue weighted by Gasteiger charge is -2.34. The zero-order chi connectivity index (χ0) is 19.9. The van der Waals surface area contributed by atoms with Gasteiger partial charge in [0.1, 0.15) is 0 Å². The minimum atomic E-state index is -0.0721. The van der Waals surface area contributed by atoms with E-state index in [0.717, 1.165) is 55.4 Å². The molecule has 2 N–H and O–H groups in total. The molecule has 1 aliphatic rings. The standard InChI is InChI=1S/C21H30N6O/c1-3-7-26-8-10-27(11-9-26)21-23-14-19(15-24-21)18-6-4-5-17(12-18)16-25(2)20(28)13-22/h4-6,12,14-15H,3,7-11,13,16,22H2,1-2H3. The average Bonchev–Trinajstić information content (AvgIpc) is 2.74. The first kappa shape index (κ1) is 20.2. The van der Waals surface area contributed by atoms with E-state index in [1.54, 1.807) is 11.9 Å². The number of piperazine rings is 1. The maximum Gasteiger partial charge on any atom is 0.236 e. The van der Waals surface area contributed by atoms with Gasteiger partial charge in [-0.25, -0.2) is 9.97 Å². The summed E-state index contributed by atoms with van der Waals surface area (Å²) in [5.41, 5.74) is 8.51. The largest absolute Gasteiger partial charge is 0.340 e. The number of amides is 1. The summed E-state index contributed by atoms with van der Waals surface area (Å²) in [7, 11) is 1.76. The number of anilines is 1. The smallest absolute Gasteiger partial charge is 0.236 e. The second-order valence-corrected chi connectivity index (χ2v) is 7.25. The highest BCUT2D eigenvalue weighted by atomic mass is 16.2. The van der Waals surface area contributed by atoms with E-state index in [4.69, 9.17) is 5.73 Å². The molecule has 1 fully saturated rings. The lowest BCUT2D eigenvalue weighted by atomic mass is 10.1. The van der Waals surface area contributed by atoms with Gasteiger partial charge in [0.2, 0.25) is 11.9 Å². The van der Waals surface area contributed by atoms with Crippen molar-refractivity contribution in [1.82, 2.24) is 19.8 Å². The van der Waals surface area contributed by atoms with Gasteiger partial charge in [0.05, 0.1) is 6.54 Å². The fourth-order valence-electron chi connectivity index (χ4n) is 3.49. The van der Waals surface area contributed by atoms with Crippen LogP contribution in [0.2, 0.25) is 0 Å². The summed E-state index contributed by atoms with van der Waals surface area (Å²) in [5.74, 6) is 0.724. The van der Waals surface area contributed by atoms with Crippen molar-refractivity contribution in [2.24, 2.45) is 5.73 Å². The van der Waals surface area contributed by atoms with Gasteiger partial charge >= 0.3 is 0 Å². The van der Waals surface area contributed by atoms with Crippen LogP contribution in [0, 0.1) is 0 Å². The normalized spacial score (nSPS) is 14.9. The Morgan fingerprint density at radius 1 is 1.14 bits per heavy atom. The van der Waals surface area contributed by atoms with E-state index in [-0.39, 0.29) is 12.5 Å². The molecule has 1 aliphatic heterocycles. The van der Waals surface area contributed by atoms with Gasteiger partial charge in [0, 0.05) is 57.7 Å². The number of likely N-dealkylation sites (N-methyl/N-ethyl adjacent to an activating group) is 1. The van der Waals surface area contributed by atoms with Gasteiger partial charge in [-0.1, -0.05) is 25.1 Å². The number of rotatable bonds is 7. The first-order chi connectivity index (χ1) is 13.6. The van der Waals surface area contributed by atoms with Crippen LogP contribution in [0.5, 0.6) is 0 Å². The Morgan fingerprint density at radius 3 is 2.50 bits per heavy atom. The Morgan fingerprint density at radius 2 is 1.86 bits per heavy atom. The number of benzene rings is 1. The lowest BCUT2D eigenvalue weighted by molar-refractivity contribution is -0.128. The Balaban J connectivity index is 1.65. The zero-order valence-corrected chi connectivity index (χ0v) is 16.8. The summed E-state index contributed by atoms with van der Waals surface area (Å²) >= 11 is 0. The number of nitrogens with two attached hydrogens (primary N) is 1. The Kier molecular flexibility index (Phi) is 6.95. The fourth-order valence-corrected chi connectivity index (χ4v) is 3.49. The molecule has 1 amide bonds. The van der Waals surface area contributed by atoms with Crippen molar-refractivity contribution in [2.75, 3.05) is 51.2 Å². The van der Waals surface area contributed by atoms with Gasteiger partial charge < -0.3 is 15.5 Å². The highest BCUT2D eigenvalue weighted by molar-refractivity contribution is 5.77. The van der Waals surface area contributed by atoms with E-state index in [2.05, 4.69) is 32.8 Å². The minimum absolute atomic E-state index is 0.0260. The lowest BCUT2D eigenvalue weighted by Crippen LogP contribution is -2.47.